The molecule has 2 aromatic heterocycles. The molecule has 1 aromatic carbocycles. The van der Waals surface area contributed by atoms with Gasteiger partial charge in [-0.05, 0) is 30.7 Å². The summed E-state index contributed by atoms with van der Waals surface area (Å²) in [6.07, 6.45) is 2.95. The molecule has 0 spiro atoms. The van der Waals surface area contributed by atoms with Gasteiger partial charge in [-0.25, -0.2) is 9.48 Å². The van der Waals surface area contributed by atoms with Crippen LogP contribution in [0.15, 0.2) is 47.7 Å². The van der Waals surface area contributed by atoms with Crippen LogP contribution < -0.4 is 10.4 Å². The molecule has 2 aliphatic rings. The zero-order valence-electron chi connectivity index (χ0n) is 15.8. The maximum absolute atomic E-state index is 12.9. The molecule has 1 fully saturated rings. The molecule has 0 bridgehead atoms. The van der Waals surface area contributed by atoms with Crippen molar-refractivity contribution in [2.75, 3.05) is 0 Å². The van der Waals surface area contributed by atoms with Crippen LogP contribution in [-0.4, -0.2) is 30.4 Å². The Morgan fingerprint density at radius 1 is 1.10 bits per heavy atom. The second kappa shape index (κ2) is 6.96. The highest BCUT2D eigenvalue weighted by Crippen LogP contribution is 2.36. The zero-order chi connectivity index (χ0) is 20.9. The van der Waals surface area contributed by atoms with Gasteiger partial charge in [-0.2, -0.15) is 18.3 Å². The number of ether oxygens (including phenoxy) is 1. The number of benzene rings is 1. The van der Waals surface area contributed by atoms with Gasteiger partial charge < -0.3 is 4.74 Å². The minimum absolute atomic E-state index is 0.0856. The Morgan fingerprint density at radius 3 is 2.53 bits per heavy atom. The molecule has 1 aliphatic heterocycles. The fourth-order valence-electron chi connectivity index (χ4n) is 4.06. The predicted octanol–water partition coefficient (Wildman–Crippen LogP) is 3.17. The van der Waals surface area contributed by atoms with Crippen LogP contribution in [0.1, 0.15) is 48.4 Å². The van der Waals surface area contributed by atoms with E-state index in [1.54, 1.807) is 23.2 Å². The summed E-state index contributed by atoms with van der Waals surface area (Å²) in [4.78, 5) is 21.3. The van der Waals surface area contributed by atoms with Crippen molar-refractivity contribution in [3.8, 4) is 5.75 Å². The molecule has 1 saturated carbocycles. The van der Waals surface area contributed by atoms with Crippen molar-refractivity contribution < 1.29 is 17.9 Å². The van der Waals surface area contributed by atoms with Crippen molar-refractivity contribution in [1.29, 1.82) is 0 Å². The monoisotopic (exact) mass is 417 g/mol. The summed E-state index contributed by atoms with van der Waals surface area (Å²) >= 11 is 0. The molecule has 0 unspecified atom stereocenters. The summed E-state index contributed by atoms with van der Waals surface area (Å²) < 4.78 is 46.9. The quantitative estimate of drug-likeness (QED) is 0.652. The van der Waals surface area contributed by atoms with E-state index in [1.165, 1.54) is 16.8 Å². The van der Waals surface area contributed by atoms with Crippen LogP contribution in [0.25, 0.3) is 0 Å². The molecule has 7 nitrogen and oxygen atoms in total. The van der Waals surface area contributed by atoms with E-state index in [0.29, 0.717) is 25.0 Å². The Hall–Kier alpha value is -3.17. The van der Waals surface area contributed by atoms with Gasteiger partial charge in [0.05, 0.1) is 29.5 Å². The molecule has 30 heavy (non-hydrogen) atoms. The lowest BCUT2D eigenvalue weighted by molar-refractivity contribution is -0.137. The number of hydrogen-bond acceptors (Lipinski definition) is 5. The van der Waals surface area contributed by atoms with Crippen LogP contribution in [0.2, 0.25) is 0 Å². The van der Waals surface area contributed by atoms with Gasteiger partial charge >= 0.3 is 11.9 Å². The van der Waals surface area contributed by atoms with E-state index in [0.717, 1.165) is 30.1 Å². The van der Waals surface area contributed by atoms with Gasteiger partial charge in [0, 0.05) is 31.7 Å². The molecule has 1 atom stereocenters. The summed E-state index contributed by atoms with van der Waals surface area (Å²) in [5.41, 5.74) is -0.135. The summed E-state index contributed by atoms with van der Waals surface area (Å²) in [7, 11) is 0. The average Bonchev–Trinajstić information content (AvgIpc) is 3.25. The van der Waals surface area contributed by atoms with Gasteiger partial charge in [0.2, 0.25) is 0 Å². The fourth-order valence-corrected chi connectivity index (χ4v) is 4.06. The minimum atomic E-state index is -4.37. The molecular weight excluding hydrogens is 399 g/mol. The zero-order valence-corrected chi connectivity index (χ0v) is 15.8. The van der Waals surface area contributed by atoms with Crippen LogP contribution in [0.5, 0.6) is 5.75 Å². The molecule has 0 saturated heterocycles. The first-order valence-corrected chi connectivity index (χ1v) is 9.70. The van der Waals surface area contributed by atoms with Gasteiger partial charge in [0.15, 0.2) is 0 Å². The molecule has 0 amide bonds. The number of halogens is 3. The van der Waals surface area contributed by atoms with Crippen LogP contribution in [-0.2, 0) is 12.6 Å². The van der Waals surface area contributed by atoms with Crippen molar-refractivity contribution in [3.05, 3.63) is 70.4 Å². The molecule has 0 radical (unpaired) electrons. The smallest absolute Gasteiger partial charge is 0.416 e. The maximum Gasteiger partial charge on any atom is 0.416 e. The highest BCUT2D eigenvalue weighted by atomic mass is 19.4. The first kappa shape index (κ1) is 18.8. The van der Waals surface area contributed by atoms with Crippen molar-refractivity contribution in [2.24, 2.45) is 0 Å². The molecular formula is C20H18F3N5O2. The first-order chi connectivity index (χ1) is 14.4. The van der Waals surface area contributed by atoms with Crippen molar-refractivity contribution in [1.82, 2.24) is 24.3 Å². The second-order valence-corrected chi connectivity index (χ2v) is 7.59. The van der Waals surface area contributed by atoms with E-state index < -0.39 is 11.7 Å². The molecule has 10 heteroatoms. The highest BCUT2D eigenvalue weighted by molar-refractivity contribution is 5.29. The van der Waals surface area contributed by atoms with Gasteiger partial charge in [-0.1, -0.05) is 0 Å². The molecule has 1 aliphatic carbocycles. The topological polar surface area (TPSA) is 74.8 Å². The van der Waals surface area contributed by atoms with Crippen molar-refractivity contribution in [3.63, 3.8) is 0 Å². The molecule has 0 N–H and O–H groups in total. The fraction of sp³-hybridized carbons (Fsp3) is 0.400. The largest absolute Gasteiger partial charge is 0.490 e. The third-order valence-corrected chi connectivity index (χ3v) is 5.68. The first-order valence-electron chi connectivity index (χ1n) is 9.70. The Morgan fingerprint density at radius 2 is 1.87 bits per heavy atom. The SMILES string of the molecule is O=c1n(C2CC(Oc3ccc(C(F)(F)F)cc3)C2)nc2n1[C@H](c1cnccn1)CC2. The third-order valence-electron chi connectivity index (χ3n) is 5.68. The number of rotatable bonds is 4. The minimum Gasteiger partial charge on any atom is -0.490 e. The Bertz CT molecular complexity index is 1100. The molecule has 3 aromatic rings. The number of aryl methyl sites for hydroxylation is 1. The maximum atomic E-state index is 12.9. The summed E-state index contributed by atoms with van der Waals surface area (Å²) in [5.74, 6) is 1.12. The van der Waals surface area contributed by atoms with Gasteiger partial charge in [0.25, 0.3) is 0 Å². The van der Waals surface area contributed by atoms with Crippen LogP contribution >= 0.6 is 0 Å². The molecule has 5 rings (SSSR count). The Labute approximate surface area is 169 Å². The predicted molar refractivity (Wildman–Crippen MR) is 99.1 cm³/mol. The Balaban J connectivity index is 1.26. The van der Waals surface area contributed by atoms with Crippen molar-refractivity contribution >= 4 is 0 Å². The van der Waals surface area contributed by atoms with Gasteiger partial charge in [0.1, 0.15) is 17.7 Å². The van der Waals surface area contributed by atoms with E-state index >= 15 is 0 Å². The summed E-state index contributed by atoms with van der Waals surface area (Å²) in [6, 6.07) is 4.40. The number of hydrogen-bond donors (Lipinski definition) is 0. The number of nitrogens with zero attached hydrogens (tertiary/aromatic N) is 5. The Kier molecular flexibility index (Phi) is 4.37. The van der Waals surface area contributed by atoms with E-state index in [2.05, 4.69) is 15.1 Å². The van der Waals surface area contributed by atoms with E-state index in [9.17, 15) is 18.0 Å². The highest BCUT2D eigenvalue weighted by Gasteiger charge is 2.38. The van der Waals surface area contributed by atoms with Crippen LogP contribution in [0, 0.1) is 0 Å². The van der Waals surface area contributed by atoms with Crippen LogP contribution in [0.4, 0.5) is 13.2 Å². The van der Waals surface area contributed by atoms with Crippen LogP contribution in [0.3, 0.4) is 0 Å². The average molecular weight is 417 g/mol. The van der Waals surface area contributed by atoms with E-state index in [1.807, 2.05) is 0 Å². The van der Waals surface area contributed by atoms with E-state index in [4.69, 9.17) is 4.74 Å². The lowest BCUT2D eigenvalue weighted by Gasteiger charge is -2.34. The molecule has 3 heterocycles. The number of fused-ring (bicyclic) bond motifs is 1. The lowest BCUT2D eigenvalue weighted by Crippen LogP contribution is -2.41. The van der Waals surface area contributed by atoms with Gasteiger partial charge in [-0.15, -0.1) is 0 Å². The standard InChI is InChI=1S/C20H18F3N5O2/c21-20(22,23)12-1-3-14(4-2-12)30-15-9-13(10-15)28-19(29)27-17(5-6-18(27)26-28)16-11-24-7-8-25-16/h1-4,7-8,11,13,15,17H,5-6,9-10H2/t13?,15?,17-/m0/s1. The normalized spacial score (nSPS) is 23.1. The summed E-state index contributed by atoms with van der Waals surface area (Å²) in [5, 5.41) is 4.51. The van der Waals surface area contributed by atoms with Crippen molar-refractivity contribution in [2.45, 2.75) is 50.0 Å². The van der Waals surface area contributed by atoms with Gasteiger partial charge in [-0.3, -0.25) is 14.5 Å². The van der Waals surface area contributed by atoms with E-state index in [-0.39, 0.29) is 23.9 Å². The number of aromatic nitrogens is 5. The lowest BCUT2D eigenvalue weighted by atomic mass is 9.89. The number of alkyl halides is 3. The second-order valence-electron chi connectivity index (χ2n) is 7.59. The molecule has 156 valence electrons. The third kappa shape index (κ3) is 3.25. The summed E-state index contributed by atoms with van der Waals surface area (Å²) in [6.45, 7) is 0.